The van der Waals surface area contributed by atoms with E-state index in [4.69, 9.17) is 5.73 Å². The van der Waals surface area contributed by atoms with Crippen LogP contribution >= 0.6 is 11.8 Å². The molecular formula is C17H18FNS. The molecule has 0 saturated carbocycles. The lowest BCUT2D eigenvalue weighted by Crippen LogP contribution is -2.11. The van der Waals surface area contributed by atoms with Crippen molar-refractivity contribution in [2.45, 2.75) is 30.1 Å². The number of nitrogen functional groups attached to an aromatic ring is 1. The topological polar surface area (TPSA) is 26.0 Å². The first-order valence-corrected chi connectivity index (χ1v) is 7.98. The molecule has 3 heteroatoms. The van der Waals surface area contributed by atoms with Crippen molar-refractivity contribution in [3.8, 4) is 0 Å². The van der Waals surface area contributed by atoms with Crippen molar-refractivity contribution in [3.63, 3.8) is 0 Å². The Labute approximate surface area is 123 Å². The van der Waals surface area contributed by atoms with E-state index in [1.165, 1.54) is 42.5 Å². The summed E-state index contributed by atoms with van der Waals surface area (Å²) in [6.45, 7) is 0. The molecule has 3 rings (SSSR count). The minimum atomic E-state index is -0.269. The minimum absolute atomic E-state index is 0.269. The number of nitrogens with two attached hydrogens (primary N) is 1. The summed E-state index contributed by atoms with van der Waals surface area (Å²) in [5.74, 6) is 1.32. The molecule has 0 aliphatic heterocycles. The highest BCUT2D eigenvalue weighted by Crippen LogP contribution is 2.37. The predicted octanol–water partition coefficient (Wildman–Crippen LogP) is 4.62. The molecule has 2 aromatic rings. The number of halogens is 1. The molecule has 0 radical (unpaired) electrons. The van der Waals surface area contributed by atoms with Crippen molar-refractivity contribution in [1.29, 1.82) is 0 Å². The van der Waals surface area contributed by atoms with E-state index in [0.29, 0.717) is 11.6 Å². The van der Waals surface area contributed by atoms with Gasteiger partial charge in [-0.15, -0.1) is 11.8 Å². The highest BCUT2D eigenvalue weighted by Gasteiger charge is 2.20. The standard InChI is InChI=1S/C17H18FNS/c18-14-8-9-17(16(19)10-14)20-11-13-6-3-5-12-4-1-2-7-15(12)13/h1-2,4,7-10,13H,3,5-6,11,19H2. The fourth-order valence-electron chi connectivity index (χ4n) is 2.87. The molecule has 0 bridgehead atoms. The SMILES string of the molecule is Nc1cc(F)ccc1SCC1CCCc2ccccc21. The van der Waals surface area contributed by atoms with E-state index in [1.54, 1.807) is 17.8 Å². The normalized spacial score (nSPS) is 17.8. The second kappa shape index (κ2) is 5.88. The molecule has 1 atom stereocenters. The van der Waals surface area contributed by atoms with Gasteiger partial charge in [-0.3, -0.25) is 0 Å². The van der Waals surface area contributed by atoms with E-state index in [9.17, 15) is 4.39 Å². The molecule has 1 unspecified atom stereocenters. The fourth-order valence-corrected chi connectivity index (χ4v) is 3.99. The minimum Gasteiger partial charge on any atom is -0.398 e. The second-order valence-electron chi connectivity index (χ2n) is 5.28. The summed E-state index contributed by atoms with van der Waals surface area (Å²) in [6, 6.07) is 13.4. The molecule has 0 heterocycles. The molecule has 1 nitrogen and oxygen atoms in total. The van der Waals surface area contributed by atoms with Gasteiger partial charge in [0.1, 0.15) is 5.82 Å². The quantitative estimate of drug-likeness (QED) is 0.658. The van der Waals surface area contributed by atoms with Crippen molar-refractivity contribution in [2.24, 2.45) is 0 Å². The van der Waals surface area contributed by atoms with Crippen LogP contribution in [-0.4, -0.2) is 5.75 Å². The molecule has 0 saturated heterocycles. The Hall–Kier alpha value is -1.48. The average Bonchev–Trinajstić information content (AvgIpc) is 2.46. The van der Waals surface area contributed by atoms with Crippen molar-refractivity contribution in [2.75, 3.05) is 11.5 Å². The van der Waals surface area contributed by atoms with Gasteiger partial charge in [-0.1, -0.05) is 24.3 Å². The highest BCUT2D eigenvalue weighted by molar-refractivity contribution is 7.99. The largest absolute Gasteiger partial charge is 0.398 e. The Morgan fingerprint density at radius 3 is 2.90 bits per heavy atom. The molecule has 104 valence electrons. The summed E-state index contributed by atoms with van der Waals surface area (Å²) in [6.07, 6.45) is 3.67. The molecule has 1 aliphatic rings. The summed E-state index contributed by atoms with van der Waals surface area (Å²) in [4.78, 5) is 0.981. The van der Waals surface area contributed by atoms with Crippen molar-refractivity contribution < 1.29 is 4.39 Å². The third-order valence-electron chi connectivity index (χ3n) is 3.91. The lowest BCUT2D eigenvalue weighted by molar-refractivity contribution is 0.596. The Bertz CT molecular complexity index is 612. The number of fused-ring (bicyclic) bond motifs is 1. The summed E-state index contributed by atoms with van der Waals surface area (Å²) < 4.78 is 13.1. The Kier molecular flexibility index (Phi) is 3.97. The van der Waals surface area contributed by atoms with Crippen LogP contribution < -0.4 is 5.73 Å². The van der Waals surface area contributed by atoms with Gasteiger partial charge >= 0.3 is 0 Å². The smallest absolute Gasteiger partial charge is 0.125 e. The lowest BCUT2D eigenvalue weighted by atomic mass is 9.84. The van der Waals surface area contributed by atoms with Gasteiger partial charge in [0, 0.05) is 16.3 Å². The van der Waals surface area contributed by atoms with E-state index in [-0.39, 0.29) is 5.82 Å². The van der Waals surface area contributed by atoms with Gasteiger partial charge in [0.25, 0.3) is 0 Å². The van der Waals surface area contributed by atoms with Crippen molar-refractivity contribution in [3.05, 3.63) is 59.4 Å². The third kappa shape index (κ3) is 2.83. The zero-order valence-electron chi connectivity index (χ0n) is 11.3. The molecule has 1 aliphatic carbocycles. The number of thioether (sulfide) groups is 1. The molecule has 0 aromatic heterocycles. The van der Waals surface area contributed by atoms with Crippen LogP contribution in [0.3, 0.4) is 0 Å². The number of anilines is 1. The maximum Gasteiger partial charge on any atom is 0.125 e. The van der Waals surface area contributed by atoms with Gasteiger partial charge in [-0.2, -0.15) is 0 Å². The van der Waals surface area contributed by atoms with E-state index in [0.717, 1.165) is 10.6 Å². The van der Waals surface area contributed by atoms with Gasteiger partial charge in [-0.05, 0) is 54.5 Å². The van der Waals surface area contributed by atoms with Crippen LogP contribution in [0.25, 0.3) is 0 Å². The van der Waals surface area contributed by atoms with Crippen LogP contribution in [0.4, 0.5) is 10.1 Å². The predicted molar refractivity (Wildman–Crippen MR) is 83.7 cm³/mol. The molecule has 0 amide bonds. The van der Waals surface area contributed by atoms with E-state index < -0.39 is 0 Å². The van der Waals surface area contributed by atoms with Crippen LogP contribution in [0.2, 0.25) is 0 Å². The zero-order valence-corrected chi connectivity index (χ0v) is 12.1. The van der Waals surface area contributed by atoms with E-state index >= 15 is 0 Å². The first kappa shape index (κ1) is 13.5. The monoisotopic (exact) mass is 287 g/mol. The molecule has 0 spiro atoms. The van der Waals surface area contributed by atoms with Gasteiger partial charge in [-0.25, -0.2) is 4.39 Å². The first-order valence-electron chi connectivity index (χ1n) is 6.99. The summed E-state index contributed by atoms with van der Waals surface area (Å²) >= 11 is 1.73. The maximum absolute atomic E-state index is 13.1. The van der Waals surface area contributed by atoms with E-state index in [2.05, 4.69) is 24.3 Å². The molecule has 2 aromatic carbocycles. The van der Waals surface area contributed by atoms with Crippen LogP contribution in [-0.2, 0) is 6.42 Å². The van der Waals surface area contributed by atoms with Crippen LogP contribution in [0.5, 0.6) is 0 Å². The van der Waals surface area contributed by atoms with Gasteiger partial charge in [0.15, 0.2) is 0 Å². The third-order valence-corrected chi connectivity index (χ3v) is 5.16. The summed E-state index contributed by atoms with van der Waals surface area (Å²) in [5, 5.41) is 0. The Morgan fingerprint density at radius 2 is 2.05 bits per heavy atom. The average molecular weight is 287 g/mol. The molecule has 20 heavy (non-hydrogen) atoms. The number of benzene rings is 2. The Balaban J connectivity index is 1.73. The number of aryl methyl sites for hydroxylation is 1. The number of hydrogen-bond donors (Lipinski definition) is 1. The fraction of sp³-hybridized carbons (Fsp3) is 0.294. The van der Waals surface area contributed by atoms with Gasteiger partial charge in [0.2, 0.25) is 0 Å². The molecule has 2 N–H and O–H groups in total. The lowest BCUT2D eigenvalue weighted by Gasteiger charge is -2.25. The van der Waals surface area contributed by atoms with Crippen molar-refractivity contribution >= 4 is 17.4 Å². The Morgan fingerprint density at radius 1 is 1.20 bits per heavy atom. The zero-order chi connectivity index (χ0) is 13.9. The summed E-state index contributed by atoms with van der Waals surface area (Å²) in [7, 11) is 0. The first-order chi connectivity index (χ1) is 9.74. The van der Waals surface area contributed by atoms with Crippen LogP contribution in [0, 0.1) is 5.82 Å². The summed E-state index contributed by atoms with van der Waals surface area (Å²) in [5.41, 5.74) is 9.37. The highest BCUT2D eigenvalue weighted by atomic mass is 32.2. The number of hydrogen-bond acceptors (Lipinski definition) is 2. The molecular weight excluding hydrogens is 269 g/mol. The van der Waals surface area contributed by atoms with Crippen LogP contribution in [0.1, 0.15) is 29.9 Å². The van der Waals surface area contributed by atoms with Crippen molar-refractivity contribution in [1.82, 2.24) is 0 Å². The van der Waals surface area contributed by atoms with Crippen LogP contribution in [0.15, 0.2) is 47.4 Å². The van der Waals surface area contributed by atoms with Gasteiger partial charge < -0.3 is 5.73 Å². The number of rotatable bonds is 3. The van der Waals surface area contributed by atoms with Gasteiger partial charge in [0.05, 0.1) is 0 Å². The van der Waals surface area contributed by atoms with E-state index in [1.807, 2.05) is 0 Å². The maximum atomic E-state index is 13.1. The molecule has 0 fully saturated rings. The second-order valence-corrected chi connectivity index (χ2v) is 6.34.